The van der Waals surface area contributed by atoms with Crippen LogP contribution in [0.5, 0.6) is 0 Å². The lowest BCUT2D eigenvalue weighted by atomic mass is 9.44. The number of nitrogens with one attached hydrogen (secondary N) is 2. The van der Waals surface area contributed by atoms with Gasteiger partial charge in [0.2, 0.25) is 0 Å². The topological polar surface area (TPSA) is 31.6 Å². The summed E-state index contributed by atoms with van der Waals surface area (Å²) in [5, 5.41) is 0.835. The lowest BCUT2D eigenvalue weighted by Crippen LogP contribution is -2.63. The van der Waals surface area contributed by atoms with Gasteiger partial charge in [-0.2, -0.15) is 0 Å². The third-order valence-electron chi connectivity index (χ3n) is 14.2. The third-order valence-corrected chi connectivity index (χ3v) is 19.1. The second-order valence-electron chi connectivity index (χ2n) is 19.0. The fraction of sp³-hybridized carbons (Fsp3) is 0.650. The molecule has 8 aliphatic rings. The molecule has 2 nitrogen and oxygen atoms in total. The molecule has 0 spiro atoms. The van der Waals surface area contributed by atoms with Gasteiger partial charge in [0.25, 0.3) is 0 Å². The highest BCUT2D eigenvalue weighted by atomic mass is 31.1. The van der Waals surface area contributed by atoms with Gasteiger partial charge in [-0.25, -0.2) is 0 Å². The van der Waals surface area contributed by atoms with E-state index >= 15 is 0 Å². The fourth-order valence-electron chi connectivity index (χ4n) is 15.0. The monoisotopic (exact) mass is 624 g/mol. The third kappa shape index (κ3) is 4.18. The van der Waals surface area contributed by atoms with E-state index in [-0.39, 0.29) is 13.1 Å². The number of hydrogen-bond acceptors (Lipinski definition) is 0. The van der Waals surface area contributed by atoms with Gasteiger partial charge in [0, 0.05) is 24.8 Å². The molecule has 2 aromatic heterocycles. The zero-order valence-electron chi connectivity index (χ0n) is 27.6. The number of H-pyrrole nitrogens is 2. The van der Waals surface area contributed by atoms with Crippen molar-refractivity contribution >= 4 is 17.2 Å². The molecule has 44 heavy (non-hydrogen) atoms. The first-order valence-corrected chi connectivity index (χ1v) is 19.9. The second-order valence-corrected chi connectivity index (χ2v) is 22.9. The molecule has 1 aromatic carbocycles. The van der Waals surface area contributed by atoms with Gasteiger partial charge in [-0.05, 0) is 161 Å². The summed E-state index contributed by atoms with van der Waals surface area (Å²) in [7, 11) is 3.14. The molecule has 8 fully saturated rings. The number of aromatic amines is 2. The number of benzene rings is 1. The summed E-state index contributed by atoms with van der Waals surface area (Å²) in [6, 6.07) is 14.3. The van der Waals surface area contributed by atoms with E-state index < -0.39 is 0 Å². The van der Waals surface area contributed by atoms with Crippen LogP contribution in [0.4, 0.5) is 0 Å². The van der Waals surface area contributed by atoms with Crippen molar-refractivity contribution in [2.75, 3.05) is 0 Å². The van der Waals surface area contributed by atoms with Crippen molar-refractivity contribution in [3.05, 3.63) is 83.4 Å². The molecule has 0 saturated heterocycles. The highest BCUT2D eigenvalue weighted by molar-refractivity contribution is 7.60. The van der Waals surface area contributed by atoms with Crippen molar-refractivity contribution in [2.45, 2.75) is 126 Å². The Morgan fingerprint density at radius 1 is 0.659 bits per heavy atom. The van der Waals surface area contributed by atoms with E-state index in [0.717, 1.165) is 11.8 Å². The summed E-state index contributed by atoms with van der Waals surface area (Å²) in [4.78, 5) is 6.81. The molecule has 5 atom stereocenters. The molecule has 2 heterocycles. The van der Waals surface area contributed by atoms with Gasteiger partial charge in [-0.1, -0.05) is 59.9 Å². The molecule has 0 aliphatic heterocycles. The molecule has 8 saturated carbocycles. The highest BCUT2D eigenvalue weighted by Crippen LogP contribution is 2.84. The van der Waals surface area contributed by atoms with Crippen LogP contribution in [0.3, 0.4) is 0 Å². The first kappa shape index (κ1) is 28.8. The standard InChI is InChI=1S/C40H54N2P2/c1-34-13-28-14-35(2,22-34)25-38(17-28,24-34)44(39-18-29-15-36(3,26-39)23-37(4,16-29)27-39)21-30-7-5-6-8-33(30)40(43,31-9-11-41-19-31)32-10-12-42-20-32/h5-12,19-20,28-29,41-42H,13-18,21-27,43H2,1-4H3. The van der Waals surface area contributed by atoms with Crippen molar-refractivity contribution < 1.29 is 0 Å². The Morgan fingerprint density at radius 2 is 1.11 bits per heavy atom. The second kappa shape index (κ2) is 9.16. The first-order valence-electron chi connectivity index (χ1n) is 17.8. The minimum atomic E-state index is -0.267. The van der Waals surface area contributed by atoms with Crippen molar-refractivity contribution in [1.29, 1.82) is 0 Å². The van der Waals surface area contributed by atoms with Crippen LogP contribution < -0.4 is 0 Å². The van der Waals surface area contributed by atoms with Gasteiger partial charge in [0.1, 0.15) is 0 Å². The van der Waals surface area contributed by atoms with E-state index in [0.29, 0.717) is 32.0 Å². The molecule has 3 aromatic rings. The zero-order valence-corrected chi connectivity index (χ0v) is 29.7. The summed E-state index contributed by atoms with van der Waals surface area (Å²) < 4.78 is 0. The quantitative estimate of drug-likeness (QED) is 0.245. The van der Waals surface area contributed by atoms with E-state index in [4.69, 9.17) is 0 Å². The number of aromatic nitrogens is 2. The van der Waals surface area contributed by atoms with Gasteiger partial charge in [-0.15, -0.1) is 9.24 Å². The highest BCUT2D eigenvalue weighted by Gasteiger charge is 2.69. The van der Waals surface area contributed by atoms with Gasteiger partial charge in [0.05, 0.1) is 5.16 Å². The molecule has 8 aliphatic carbocycles. The van der Waals surface area contributed by atoms with Crippen LogP contribution >= 0.6 is 17.2 Å². The molecular weight excluding hydrogens is 570 g/mol. The maximum Gasteiger partial charge on any atom is 0.0623 e. The Kier molecular flexibility index (Phi) is 6.00. The average Bonchev–Trinajstić information content (AvgIpc) is 3.63. The minimum absolute atomic E-state index is 0.216. The van der Waals surface area contributed by atoms with Crippen LogP contribution in [-0.4, -0.2) is 20.3 Å². The maximum absolute atomic E-state index is 3.40. The summed E-state index contributed by atoms with van der Waals surface area (Å²) in [6.07, 6.45) is 28.1. The molecule has 4 heteroatoms. The Bertz CT molecular complexity index is 1440. The van der Waals surface area contributed by atoms with Crippen LogP contribution in [0.2, 0.25) is 0 Å². The number of rotatable bonds is 7. The fourth-order valence-corrected chi connectivity index (χ4v) is 21.2. The SMILES string of the molecule is CC12CC3CC(C)(C1)CC(P(Cc1ccccc1C(P)(c1cc[nH]c1)c1cc[nH]c1)C14CC5CC(C)(CC(C)(C5)C1)C4)(C3)C2. The van der Waals surface area contributed by atoms with E-state index in [1.165, 1.54) is 99.9 Å². The minimum Gasteiger partial charge on any atom is -0.367 e. The molecule has 2 N–H and O–H groups in total. The van der Waals surface area contributed by atoms with Gasteiger partial charge < -0.3 is 9.97 Å². The smallest absolute Gasteiger partial charge is 0.0623 e. The zero-order chi connectivity index (χ0) is 30.2. The molecule has 8 bridgehead atoms. The lowest BCUT2D eigenvalue weighted by Gasteiger charge is -2.73. The van der Waals surface area contributed by atoms with Crippen molar-refractivity contribution in [3.63, 3.8) is 0 Å². The largest absolute Gasteiger partial charge is 0.367 e. The molecule has 5 unspecified atom stereocenters. The maximum atomic E-state index is 3.40. The van der Waals surface area contributed by atoms with Crippen molar-refractivity contribution in [3.8, 4) is 0 Å². The van der Waals surface area contributed by atoms with Crippen LogP contribution in [-0.2, 0) is 11.3 Å². The predicted molar refractivity (Wildman–Crippen MR) is 189 cm³/mol. The molecule has 234 valence electrons. The Labute approximate surface area is 269 Å². The van der Waals surface area contributed by atoms with Crippen LogP contribution in [0.1, 0.15) is 127 Å². The van der Waals surface area contributed by atoms with Gasteiger partial charge in [0.15, 0.2) is 0 Å². The Hall–Kier alpha value is -1.36. The first-order chi connectivity index (χ1) is 20.9. The van der Waals surface area contributed by atoms with Gasteiger partial charge >= 0.3 is 0 Å². The Balaban J connectivity index is 1.22. The van der Waals surface area contributed by atoms with E-state index in [1.807, 2.05) is 0 Å². The van der Waals surface area contributed by atoms with E-state index in [9.17, 15) is 0 Å². The summed E-state index contributed by atoms with van der Waals surface area (Å²) in [6.45, 7) is 10.9. The lowest BCUT2D eigenvalue weighted by molar-refractivity contribution is -0.0922. The number of hydrogen-bond donors (Lipinski definition) is 2. The molecule has 11 rings (SSSR count). The van der Waals surface area contributed by atoms with E-state index in [2.05, 4.69) is 108 Å². The summed E-state index contributed by atoms with van der Waals surface area (Å²) in [5.41, 5.74) is 8.05. The predicted octanol–water partition coefficient (Wildman–Crippen LogP) is 11.0. The van der Waals surface area contributed by atoms with Crippen molar-refractivity contribution in [2.24, 2.45) is 33.5 Å². The molecular formula is C40H54N2P2. The van der Waals surface area contributed by atoms with Crippen LogP contribution in [0.25, 0.3) is 0 Å². The molecule has 0 amide bonds. The van der Waals surface area contributed by atoms with Crippen molar-refractivity contribution in [1.82, 2.24) is 9.97 Å². The van der Waals surface area contributed by atoms with Crippen LogP contribution in [0, 0.1) is 33.5 Å². The summed E-state index contributed by atoms with van der Waals surface area (Å²) in [5.74, 6) is 1.92. The average molecular weight is 625 g/mol. The summed E-state index contributed by atoms with van der Waals surface area (Å²) >= 11 is 0. The normalized spacial score (nSPS) is 44.4. The Morgan fingerprint density at radius 3 is 1.52 bits per heavy atom. The van der Waals surface area contributed by atoms with Crippen LogP contribution in [0.15, 0.2) is 61.2 Å². The van der Waals surface area contributed by atoms with E-state index in [1.54, 1.807) is 5.56 Å². The molecule has 0 radical (unpaired) electrons. The van der Waals surface area contributed by atoms with Gasteiger partial charge in [-0.3, -0.25) is 0 Å².